The van der Waals surface area contributed by atoms with Gasteiger partial charge in [-0.2, -0.15) is 0 Å². The zero-order valence-electron chi connectivity index (χ0n) is 14.8. The van der Waals surface area contributed by atoms with Crippen molar-refractivity contribution in [1.29, 1.82) is 0 Å². The molecule has 2 aromatic carbocycles. The Morgan fingerprint density at radius 1 is 1.04 bits per heavy atom. The summed E-state index contributed by atoms with van der Waals surface area (Å²) in [5.74, 6) is -1.05. The number of fused-ring (bicyclic) bond motifs is 1. The number of hydrogen-bond donors (Lipinski definition) is 3. The average molecular weight is 368 g/mol. The van der Waals surface area contributed by atoms with Crippen LogP contribution in [0.3, 0.4) is 0 Å². The van der Waals surface area contributed by atoms with Crippen LogP contribution in [0.4, 0.5) is 0 Å². The maximum absolute atomic E-state index is 12.1. The number of hydrogen-bond acceptors (Lipinski definition) is 4. The summed E-state index contributed by atoms with van der Waals surface area (Å²) in [5, 5.41) is 16.4. The van der Waals surface area contributed by atoms with Crippen molar-refractivity contribution < 1.29 is 24.6 Å². The van der Waals surface area contributed by atoms with Crippen LogP contribution < -0.4 is 0 Å². The van der Waals surface area contributed by atoms with Crippen molar-refractivity contribution in [3.63, 3.8) is 0 Å². The maximum atomic E-state index is 12.1. The standard InChI is InChI=1S/C18H16N2O3.C2H4O2/c21-14(9-8-12-4-3-5-13(10-12)18(22)23)11-17-19-15-6-1-2-7-16(15)20-17;1-2(3)4/h1-7,10H,8-9,11H2,(H,19,20)(H,22,23);1H3,(H,3,4). The fourth-order valence-corrected chi connectivity index (χ4v) is 2.51. The minimum Gasteiger partial charge on any atom is -0.481 e. The number of H-pyrrole nitrogens is 1. The van der Waals surface area contributed by atoms with Gasteiger partial charge in [0.05, 0.1) is 23.0 Å². The number of nitrogens with one attached hydrogen (secondary N) is 1. The molecule has 0 spiro atoms. The third-order valence-electron chi connectivity index (χ3n) is 3.67. The van der Waals surface area contributed by atoms with Gasteiger partial charge in [-0.05, 0) is 36.2 Å². The number of aliphatic carboxylic acids is 1. The molecule has 7 nitrogen and oxygen atoms in total. The molecule has 0 aliphatic carbocycles. The Kier molecular flexibility index (Phi) is 6.82. The maximum Gasteiger partial charge on any atom is 0.335 e. The summed E-state index contributed by atoms with van der Waals surface area (Å²) in [5.41, 5.74) is 2.86. The van der Waals surface area contributed by atoms with Crippen LogP contribution in [0.15, 0.2) is 48.5 Å². The molecular weight excluding hydrogens is 348 g/mol. The number of carbonyl (C=O) groups is 3. The first kappa shape index (κ1) is 19.8. The number of rotatable bonds is 6. The third kappa shape index (κ3) is 6.39. The van der Waals surface area contributed by atoms with E-state index >= 15 is 0 Å². The van der Waals surface area contributed by atoms with Crippen molar-refractivity contribution >= 4 is 28.8 Å². The average Bonchev–Trinajstić information content (AvgIpc) is 3.02. The van der Waals surface area contributed by atoms with Crippen molar-refractivity contribution in [2.75, 3.05) is 0 Å². The zero-order valence-corrected chi connectivity index (χ0v) is 14.8. The van der Waals surface area contributed by atoms with Gasteiger partial charge in [0.1, 0.15) is 11.6 Å². The second kappa shape index (κ2) is 9.28. The molecule has 1 aromatic heterocycles. The fourth-order valence-electron chi connectivity index (χ4n) is 2.51. The van der Waals surface area contributed by atoms with Crippen LogP contribution in [-0.4, -0.2) is 37.9 Å². The molecule has 0 aliphatic heterocycles. The Balaban J connectivity index is 0.000000596. The first-order valence-corrected chi connectivity index (χ1v) is 8.32. The van der Waals surface area contributed by atoms with Crippen LogP contribution in [-0.2, 0) is 22.4 Å². The van der Waals surface area contributed by atoms with Gasteiger partial charge < -0.3 is 15.2 Å². The number of carbonyl (C=O) groups excluding carboxylic acids is 1. The van der Waals surface area contributed by atoms with Crippen LogP contribution in [0, 0.1) is 0 Å². The Morgan fingerprint density at radius 2 is 1.74 bits per heavy atom. The van der Waals surface area contributed by atoms with Crippen LogP contribution in [0.2, 0.25) is 0 Å². The highest BCUT2D eigenvalue weighted by Crippen LogP contribution is 2.12. The number of aryl methyl sites for hydroxylation is 1. The molecule has 0 saturated carbocycles. The van der Waals surface area contributed by atoms with E-state index in [1.54, 1.807) is 18.2 Å². The number of aromatic amines is 1. The highest BCUT2D eigenvalue weighted by atomic mass is 16.4. The van der Waals surface area contributed by atoms with Gasteiger partial charge in [-0.3, -0.25) is 9.59 Å². The molecule has 0 atom stereocenters. The van der Waals surface area contributed by atoms with E-state index in [0.717, 1.165) is 23.5 Å². The van der Waals surface area contributed by atoms with Gasteiger partial charge in [0.25, 0.3) is 5.97 Å². The van der Waals surface area contributed by atoms with E-state index in [-0.39, 0.29) is 17.8 Å². The van der Waals surface area contributed by atoms with E-state index in [9.17, 15) is 9.59 Å². The lowest BCUT2D eigenvalue weighted by molar-refractivity contribution is -0.134. The number of Topliss-reactive ketones (excluding diaryl/α,β-unsaturated/α-hetero) is 1. The normalized spacial score (nSPS) is 10.1. The van der Waals surface area contributed by atoms with Crippen LogP contribution in [0.25, 0.3) is 11.0 Å². The summed E-state index contributed by atoms with van der Waals surface area (Å²) >= 11 is 0. The van der Waals surface area contributed by atoms with Gasteiger partial charge in [0.15, 0.2) is 0 Å². The second-order valence-electron chi connectivity index (χ2n) is 5.94. The van der Waals surface area contributed by atoms with E-state index in [0.29, 0.717) is 18.7 Å². The molecule has 0 bridgehead atoms. The highest BCUT2D eigenvalue weighted by molar-refractivity contribution is 5.88. The molecule has 0 unspecified atom stereocenters. The molecular formula is C20H20N2O5. The van der Waals surface area contributed by atoms with E-state index in [4.69, 9.17) is 15.0 Å². The first-order chi connectivity index (χ1) is 12.8. The van der Waals surface area contributed by atoms with Crippen molar-refractivity contribution in [1.82, 2.24) is 9.97 Å². The molecule has 0 amide bonds. The summed E-state index contributed by atoms with van der Waals surface area (Å²) < 4.78 is 0. The zero-order chi connectivity index (χ0) is 19.8. The van der Waals surface area contributed by atoms with Gasteiger partial charge in [-0.25, -0.2) is 9.78 Å². The number of ketones is 1. The summed E-state index contributed by atoms with van der Waals surface area (Å²) in [6.45, 7) is 1.08. The predicted octanol–water partition coefficient (Wildman–Crippen LogP) is 3.10. The number of carboxylic acid groups (broad SMARTS) is 2. The molecule has 7 heteroatoms. The molecule has 27 heavy (non-hydrogen) atoms. The Bertz CT molecular complexity index is 925. The number of carboxylic acids is 2. The number of aromatic carboxylic acids is 1. The van der Waals surface area contributed by atoms with Crippen molar-refractivity contribution in [2.45, 2.75) is 26.2 Å². The van der Waals surface area contributed by atoms with Crippen LogP contribution in [0.5, 0.6) is 0 Å². The minimum atomic E-state index is -0.958. The Hall–Kier alpha value is -3.48. The number of imidazole rings is 1. The van der Waals surface area contributed by atoms with E-state index in [2.05, 4.69) is 9.97 Å². The molecule has 3 rings (SSSR count). The van der Waals surface area contributed by atoms with Crippen molar-refractivity contribution in [3.8, 4) is 0 Å². The third-order valence-corrected chi connectivity index (χ3v) is 3.67. The summed E-state index contributed by atoms with van der Waals surface area (Å²) in [4.78, 5) is 39.6. The summed E-state index contributed by atoms with van der Waals surface area (Å²) in [7, 11) is 0. The van der Waals surface area contributed by atoms with Gasteiger partial charge in [-0.1, -0.05) is 24.3 Å². The fraction of sp³-hybridized carbons (Fsp3) is 0.200. The molecule has 3 aromatic rings. The second-order valence-corrected chi connectivity index (χ2v) is 5.94. The van der Waals surface area contributed by atoms with Crippen molar-refractivity contribution in [2.24, 2.45) is 0 Å². The predicted molar refractivity (Wildman–Crippen MR) is 99.8 cm³/mol. The quantitative estimate of drug-likeness (QED) is 0.615. The van der Waals surface area contributed by atoms with Gasteiger partial charge >= 0.3 is 5.97 Å². The van der Waals surface area contributed by atoms with E-state index < -0.39 is 11.9 Å². The van der Waals surface area contributed by atoms with Crippen molar-refractivity contribution in [3.05, 3.63) is 65.5 Å². The van der Waals surface area contributed by atoms with Crippen LogP contribution in [0.1, 0.15) is 35.1 Å². The molecule has 1 heterocycles. The topological polar surface area (TPSA) is 120 Å². The number of para-hydroxylation sites is 2. The van der Waals surface area contributed by atoms with Gasteiger partial charge in [0.2, 0.25) is 0 Å². The van der Waals surface area contributed by atoms with Gasteiger partial charge in [-0.15, -0.1) is 0 Å². The monoisotopic (exact) mass is 368 g/mol. The number of benzene rings is 2. The van der Waals surface area contributed by atoms with E-state index in [1.165, 1.54) is 0 Å². The highest BCUT2D eigenvalue weighted by Gasteiger charge is 2.09. The molecule has 3 N–H and O–H groups in total. The number of aromatic nitrogens is 2. The number of nitrogens with zero attached hydrogens (tertiary/aromatic N) is 1. The van der Waals surface area contributed by atoms with Crippen LogP contribution >= 0.6 is 0 Å². The SMILES string of the molecule is CC(=O)O.O=C(CCc1cccc(C(=O)O)c1)Cc1nc2ccccc2[nH]1. The Morgan fingerprint density at radius 3 is 2.41 bits per heavy atom. The first-order valence-electron chi connectivity index (χ1n) is 8.32. The minimum absolute atomic E-state index is 0.0739. The largest absolute Gasteiger partial charge is 0.481 e. The molecule has 0 saturated heterocycles. The lowest BCUT2D eigenvalue weighted by atomic mass is 10.0. The Labute approximate surface area is 155 Å². The molecule has 0 fully saturated rings. The molecule has 0 radical (unpaired) electrons. The molecule has 140 valence electrons. The lowest BCUT2D eigenvalue weighted by Gasteiger charge is -2.02. The summed E-state index contributed by atoms with van der Waals surface area (Å²) in [6, 6.07) is 14.3. The lowest BCUT2D eigenvalue weighted by Crippen LogP contribution is -2.06. The van der Waals surface area contributed by atoms with Gasteiger partial charge in [0, 0.05) is 13.3 Å². The van der Waals surface area contributed by atoms with E-state index in [1.807, 2.05) is 30.3 Å². The smallest absolute Gasteiger partial charge is 0.335 e. The summed E-state index contributed by atoms with van der Waals surface area (Å²) in [6.07, 6.45) is 1.15. The molecule has 0 aliphatic rings.